The Balaban J connectivity index is 1.75. The van der Waals surface area contributed by atoms with Crippen LogP contribution in [-0.2, 0) is 22.7 Å². The third-order valence-electron chi connectivity index (χ3n) is 4.23. The number of nitrogens with zero attached hydrogens (tertiary/aromatic N) is 1. The van der Waals surface area contributed by atoms with Crippen molar-refractivity contribution in [3.8, 4) is 6.07 Å². The molecule has 0 spiro atoms. The van der Waals surface area contributed by atoms with Gasteiger partial charge in [0.2, 0.25) is 9.84 Å². The molecule has 3 aromatic carbocycles. The van der Waals surface area contributed by atoms with E-state index >= 15 is 0 Å². The molecule has 0 unspecified atom stereocenters. The molecule has 0 amide bonds. The molecule has 0 saturated heterocycles. The molecule has 136 valence electrons. The van der Waals surface area contributed by atoms with Crippen LogP contribution in [0.1, 0.15) is 16.7 Å². The van der Waals surface area contributed by atoms with Crippen LogP contribution in [0, 0.1) is 23.0 Å². The average Bonchev–Trinajstić information content (AvgIpc) is 2.67. The first-order chi connectivity index (χ1) is 12.9. The van der Waals surface area contributed by atoms with E-state index in [2.05, 4.69) is 0 Å². The predicted molar refractivity (Wildman–Crippen MR) is 96.8 cm³/mol. The third-order valence-corrected chi connectivity index (χ3v) is 6.01. The molecule has 3 rings (SSSR count). The van der Waals surface area contributed by atoms with Gasteiger partial charge in [0, 0.05) is 6.07 Å². The van der Waals surface area contributed by atoms with E-state index in [1.165, 1.54) is 48.5 Å². The second-order valence-corrected chi connectivity index (χ2v) is 7.97. The summed E-state index contributed by atoms with van der Waals surface area (Å²) in [6, 6.07) is 17.5. The van der Waals surface area contributed by atoms with Crippen LogP contribution in [0.25, 0.3) is 0 Å². The maximum atomic E-state index is 13.7. The number of aryl methyl sites for hydroxylation is 2. The molecule has 0 heterocycles. The lowest BCUT2D eigenvalue weighted by molar-refractivity contribution is 0.571. The van der Waals surface area contributed by atoms with Gasteiger partial charge in [0.15, 0.2) is 0 Å². The Bertz CT molecular complexity index is 1100. The minimum atomic E-state index is -3.67. The van der Waals surface area contributed by atoms with Crippen molar-refractivity contribution < 1.29 is 17.2 Å². The van der Waals surface area contributed by atoms with Crippen LogP contribution in [0.3, 0.4) is 0 Å². The van der Waals surface area contributed by atoms with E-state index in [0.717, 1.165) is 11.6 Å². The average molecular weight is 383 g/mol. The van der Waals surface area contributed by atoms with Crippen LogP contribution in [0.15, 0.2) is 76.5 Å². The number of nitriles is 1. The van der Waals surface area contributed by atoms with E-state index in [1.807, 2.05) is 6.07 Å². The summed E-state index contributed by atoms with van der Waals surface area (Å²) in [6.45, 7) is 0. The predicted octanol–water partition coefficient (Wildman–Crippen LogP) is 4.45. The molecule has 0 radical (unpaired) electrons. The van der Waals surface area contributed by atoms with Gasteiger partial charge in [-0.25, -0.2) is 17.2 Å². The summed E-state index contributed by atoms with van der Waals surface area (Å²) >= 11 is 0. The summed E-state index contributed by atoms with van der Waals surface area (Å²) in [6.07, 6.45) is 0.883. The number of hydrogen-bond acceptors (Lipinski definition) is 3. The lowest BCUT2D eigenvalue weighted by Gasteiger charge is -2.07. The van der Waals surface area contributed by atoms with E-state index in [1.54, 1.807) is 12.1 Å². The molecule has 0 saturated carbocycles. The first-order valence-electron chi connectivity index (χ1n) is 8.18. The molecular formula is C21H15F2NO2S. The van der Waals surface area contributed by atoms with Crippen LogP contribution >= 0.6 is 0 Å². The van der Waals surface area contributed by atoms with E-state index in [4.69, 9.17) is 5.26 Å². The maximum absolute atomic E-state index is 13.7. The van der Waals surface area contributed by atoms with Gasteiger partial charge in [-0.15, -0.1) is 0 Å². The monoisotopic (exact) mass is 383 g/mol. The van der Waals surface area contributed by atoms with Crippen LogP contribution in [0.5, 0.6) is 0 Å². The first kappa shape index (κ1) is 18.7. The van der Waals surface area contributed by atoms with Crippen molar-refractivity contribution in [1.82, 2.24) is 0 Å². The van der Waals surface area contributed by atoms with E-state index < -0.39 is 21.5 Å². The highest BCUT2D eigenvalue weighted by Crippen LogP contribution is 2.22. The number of hydrogen-bond donors (Lipinski definition) is 0. The Morgan fingerprint density at radius 3 is 1.96 bits per heavy atom. The summed E-state index contributed by atoms with van der Waals surface area (Å²) in [5.74, 6) is -1.20. The Kier molecular flexibility index (Phi) is 5.33. The van der Waals surface area contributed by atoms with Gasteiger partial charge < -0.3 is 0 Å². The van der Waals surface area contributed by atoms with E-state index in [0.29, 0.717) is 24.0 Å². The fourth-order valence-electron chi connectivity index (χ4n) is 2.68. The van der Waals surface area contributed by atoms with Crippen molar-refractivity contribution >= 4 is 9.84 Å². The van der Waals surface area contributed by atoms with Crippen LogP contribution < -0.4 is 0 Å². The third kappa shape index (κ3) is 4.21. The Morgan fingerprint density at radius 2 is 1.41 bits per heavy atom. The standard InChI is InChI=1S/C21H15F2NO2S/c22-18-8-7-17(21(23)13-18)6-1-15-2-9-19(10-3-15)27(25,26)20-11-4-16(14-24)5-12-20/h2-5,7-13H,1,6H2. The highest BCUT2D eigenvalue weighted by molar-refractivity contribution is 7.91. The lowest BCUT2D eigenvalue weighted by atomic mass is 10.0. The second-order valence-electron chi connectivity index (χ2n) is 6.02. The lowest BCUT2D eigenvalue weighted by Crippen LogP contribution is -2.02. The summed E-state index contributed by atoms with van der Waals surface area (Å²) in [7, 11) is -3.67. The van der Waals surface area contributed by atoms with Gasteiger partial charge in [-0.3, -0.25) is 0 Å². The van der Waals surface area contributed by atoms with Crippen molar-refractivity contribution in [2.75, 3.05) is 0 Å². The van der Waals surface area contributed by atoms with Crippen molar-refractivity contribution in [2.24, 2.45) is 0 Å². The largest absolute Gasteiger partial charge is 0.219 e. The highest BCUT2D eigenvalue weighted by atomic mass is 32.2. The fraction of sp³-hybridized carbons (Fsp3) is 0.0952. The van der Waals surface area contributed by atoms with Gasteiger partial charge in [-0.05, 0) is 66.4 Å². The molecule has 3 nitrogen and oxygen atoms in total. The quantitative estimate of drug-likeness (QED) is 0.654. The SMILES string of the molecule is N#Cc1ccc(S(=O)(=O)c2ccc(CCc3ccc(F)cc3F)cc2)cc1. The summed E-state index contributed by atoms with van der Waals surface area (Å²) in [4.78, 5) is 0.256. The molecule has 3 aromatic rings. The number of sulfone groups is 1. The molecule has 0 N–H and O–H groups in total. The van der Waals surface area contributed by atoms with Crippen molar-refractivity contribution in [1.29, 1.82) is 5.26 Å². The molecule has 6 heteroatoms. The number of benzene rings is 3. The molecule has 0 fully saturated rings. The van der Waals surface area contributed by atoms with Gasteiger partial charge in [0.1, 0.15) is 11.6 Å². The van der Waals surface area contributed by atoms with Crippen molar-refractivity contribution in [2.45, 2.75) is 22.6 Å². The molecule has 0 aliphatic rings. The fourth-order valence-corrected chi connectivity index (χ4v) is 3.94. The summed E-state index contributed by atoms with van der Waals surface area (Å²) in [5, 5.41) is 8.80. The summed E-state index contributed by atoms with van der Waals surface area (Å²) in [5.41, 5.74) is 1.64. The Hall–Kier alpha value is -3.04. The zero-order valence-corrected chi connectivity index (χ0v) is 15.0. The molecule has 0 atom stereocenters. The zero-order valence-electron chi connectivity index (χ0n) is 14.2. The van der Waals surface area contributed by atoms with Gasteiger partial charge >= 0.3 is 0 Å². The molecular weight excluding hydrogens is 368 g/mol. The van der Waals surface area contributed by atoms with E-state index in [9.17, 15) is 17.2 Å². The van der Waals surface area contributed by atoms with Crippen LogP contribution in [0.2, 0.25) is 0 Å². The molecule has 27 heavy (non-hydrogen) atoms. The van der Waals surface area contributed by atoms with Gasteiger partial charge in [0.05, 0.1) is 21.4 Å². The van der Waals surface area contributed by atoms with Crippen molar-refractivity contribution in [3.63, 3.8) is 0 Å². The smallest absolute Gasteiger partial charge is 0.206 e. The number of rotatable bonds is 5. The van der Waals surface area contributed by atoms with Crippen molar-refractivity contribution in [3.05, 3.63) is 95.1 Å². The molecule has 0 aliphatic heterocycles. The second kappa shape index (κ2) is 7.68. The first-order valence-corrected chi connectivity index (χ1v) is 9.66. The molecule has 0 bridgehead atoms. The van der Waals surface area contributed by atoms with Gasteiger partial charge in [-0.2, -0.15) is 5.26 Å². The minimum absolute atomic E-state index is 0.114. The summed E-state index contributed by atoms with van der Waals surface area (Å²) < 4.78 is 51.9. The normalized spacial score (nSPS) is 11.1. The topological polar surface area (TPSA) is 57.9 Å². The number of halogens is 2. The van der Waals surface area contributed by atoms with Gasteiger partial charge in [-0.1, -0.05) is 18.2 Å². The highest BCUT2D eigenvalue weighted by Gasteiger charge is 2.17. The van der Waals surface area contributed by atoms with Crippen LogP contribution in [0.4, 0.5) is 8.78 Å². The molecule has 0 aromatic heterocycles. The zero-order chi connectivity index (χ0) is 19.4. The van der Waals surface area contributed by atoms with Crippen LogP contribution in [-0.4, -0.2) is 8.42 Å². The Morgan fingerprint density at radius 1 is 0.815 bits per heavy atom. The minimum Gasteiger partial charge on any atom is -0.219 e. The van der Waals surface area contributed by atoms with E-state index in [-0.39, 0.29) is 9.79 Å². The Labute approximate surface area is 156 Å². The van der Waals surface area contributed by atoms with Gasteiger partial charge in [0.25, 0.3) is 0 Å². The molecule has 0 aliphatic carbocycles. The maximum Gasteiger partial charge on any atom is 0.206 e.